The molecule has 0 saturated carbocycles. The van der Waals surface area contributed by atoms with Gasteiger partial charge in [-0.1, -0.05) is 48.5 Å². The SMILES string of the molecule is O=C(c1cnc2ccccc2c1)N(CCc1ccccc1)Cc1c[nH]c(=O)[nH]c1=O. The van der Waals surface area contributed by atoms with Crippen LogP contribution in [0.15, 0.2) is 82.6 Å². The summed E-state index contributed by atoms with van der Waals surface area (Å²) in [6.07, 6.45) is 3.54. The van der Waals surface area contributed by atoms with Crippen LogP contribution in [0.2, 0.25) is 0 Å². The third-order valence-electron chi connectivity index (χ3n) is 4.90. The number of hydrogen-bond donors (Lipinski definition) is 2. The molecule has 0 aliphatic heterocycles. The van der Waals surface area contributed by atoms with E-state index < -0.39 is 11.2 Å². The maximum atomic E-state index is 13.3. The van der Waals surface area contributed by atoms with Crippen LogP contribution in [0.3, 0.4) is 0 Å². The summed E-state index contributed by atoms with van der Waals surface area (Å²) in [5, 5.41) is 0.869. The van der Waals surface area contributed by atoms with Gasteiger partial charge in [-0.25, -0.2) is 4.79 Å². The van der Waals surface area contributed by atoms with Crippen LogP contribution in [0.4, 0.5) is 0 Å². The predicted molar refractivity (Wildman–Crippen MR) is 114 cm³/mol. The number of nitrogens with one attached hydrogen (secondary N) is 2. The average molecular weight is 400 g/mol. The number of nitrogens with zero attached hydrogens (tertiary/aromatic N) is 2. The summed E-state index contributed by atoms with van der Waals surface area (Å²) in [4.78, 5) is 47.4. The van der Waals surface area contributed by atoms with E-state index in [0.29, 0.717) is 24.1 Å². The average Bonchev–Trinajstić information content (AvgIpc) is 2.78. The maximum Gasteiger partial charge on any atom is 0.325 e. The fourth-order valence-electron chi connectivity index (χ4n) is 3.29. The zero-order valence-electron chi connectivity index (χ0n) is 16.2. The van der Waals surface area contributed by atoms with Crippen molar-refractivity contribution >= 4 is 16.8 Å². The number of para-hydroxylation sites is 1. The summed E-state index contributed by atoms with van der Waals surface area (Å²) < 4.78 is 0. The fourth-order valence-corrected chi connectivity index (χ4v) is 3.29. The lowest BCUT2D eigenvalue weighted by atomic mass is 10.1. The largest absolute Gasteiger partial charge is 0.334 e. The number of rotatable bonds is 6. The van der Waals surface area contributed by atoms with Gasteiger partial charge in [-0.3, -0.25) is 19.6 Å². The van der Waals surface area contributed by atoms with Gasteiger partial charge in [-0.2, -0.15) is 0 Å². The van der Waals surface area contributed by atoms with Crippen molar-refractivity contribution in [3.05, 3.63) is 111 Å². The van der Waals surface area contributed by atoms with Crippen LogP contribution in [-0.2, 0) is 13.0 Å². The standard InChI is InChI=1S/C23H20N4O3/c28-21-19(14-25-23(30)26-21)15-27(11-10-16-6-2-1-3-7-16)22(29)18-12-17-8-4-5-9-20(17)24-13-18/h1-9,12-14H,10-11,15H2,(H2,25,26,28,30). The monoisotopic (exact) mass is 400 g/mol. The van der Waals surface area contributed by atoms with E-state index in [1.807, 2.05) is 54.6 Å². The second-order valence-corrected chi connectivity index (χ2v) is 6.98. The van der Waals surface area contributed by atoms with Gasteiger partial charge in [0.05, 0.1) is 23.2 Å². The van der Waals surface area contributed by atoms with Crippen molar-refractivity contribution < 1.29 is 4.79 Å². The third-order valence-corrected chi connectivity index (χ3v) is 4.90. The van der Waals surface area contributed by atoms with Crippen LogP contribution in [-0.4, -0.2) is 32.3 Å². The molecule has 0 radical (unpaired) electrons. The number of pyridine rings is 1. The van der Waals surface area contributed by atoms with Gasteiger partial charge < -0.3 is 9.88 Å². The maximum absolute atomic E-state index is 13.3. The summed E-state index contributed by atoms with van der Waals surface area (Å²) in [5.41, 5.74) is 1.56. The fraction of sp³-hybridized carbons (Fsp3) is 0.130. The van der Waals surface area contributed by atoms with Gasteiger partial charge in [0.15, 0.2) is 0 Å². The molecule has 2 N–H and O–H groups in total. The van der Waals surface area contributed by atoms with Crippen LogP contribution in [0.25, 0.3) is 10.9 Å². The number of H-pyrrole nitrogens is 2. The first-order valence-corrected chi connectivity index (χ1v) is 9.59. The number of amides is 1. The molecule has 0 aliphatic carbocycles. The Hall–Kier alpha value is -4.00. The van der Waals surface area contributed by atoms with E-state index in [1.54, 1.807) is 17.2 Å². The highest BCUT2D eigenvalue weighted by molar-refractivity contribution is 5.97. The summed E-state index contributed by atoms with van der Waals surface area (Å²) in [5.74, 6) is -0.227. The molecule has 0 atom stereocenters. The highest BCUT2D eigenvalue weighted by Crippen LogP contribution is 2.15. The molecular weight excluding hydrogens is 380 g/mol. The van der Waals surface area contributed by atoms with E-state index in [1.165, 1.54) is 6.20 Å². The first-order chi connectivity index (χ1) is 14.6. The summed E-state index contributed by atoms with van der Waals surface area (Å²) in [6.45, 7) is 0.485. The molecule has 150 valence electrons. The minimum atomic E-state index is -0.579. The topological polar surface area (TPSA) is 98.9 Å². The Morgan fingerprint density at radius 2 is 1.77 bits per heavy atom. The van der Waals surface area contributed by atoms with Crippen molar-refractivity contribution in [1.82, 2.24) is 19.9 Å². The first-order valence-electron chi connectivity index (χ1n) is 9.59. The van der Waals surface area contributed by atoms with Gasteiger partial charge in [0.1, 0.15) is 0 Å². The normalized spacial score (nSPS) is 10.8. The predicted octanol–water partition coefficient (Wildman–Crippen LogP) is 2.50. The van der Waals surface area contributed by atoms with E-state index in [9.17, 15) is 14.4 Å². The highest BCUT2D eigenvalue weighted by atomic mass is 16.2. The molecule has 1 amide bonds. The number of aromatic nitrogens is 3. The van der Waals surface area contributed by atoms with Crippen molar-refractivity contribution in [1.29, 1.82) is 0 Å². The molecule has 2 aromatic carbocycles. The first kappa shape index (κ1) is 19.3. The molecule has 4 rings (SSSR count). The van der Waals surface area contributed by atoms with E-state index in [-0.39, 0.29) is 12.5 Å². The Labute approximate surface area is 172 Å². The van der Waals surface area contributed by atoms with Crippen LogP contribution in [0.5, 0.6) is 0 Å². The molecule has 7 heteroatoms. The molecule has 4 aromatic rings. The summed E-state index contributed by atoms with van der Waals surface area (Å²) in [6, 6.07) is 19.2. The van der Waals surface area contributed by atoms with Crippen LogP contribution in [0, 0.1) is 0 Å². The molecular formula is C23H20N4O3. The van der Waals surface area contributed by atoms with Gasteiger partial charge in [-0.05, 0) is 24.1 Å². The van der Waals surface area contributed by atoms with E-state index >= 15 is 0 Å². The second-order valence-electron chi connectivity index (χ2n) is 6.98. The molecule has 0 spiro atoms. The van der Waals surface area contributed by atoms with Crippen molar-refractivity contribution in [2.75, 3.05) is 6.54 Å². The van der Waals surface area contributed by atoms with Gasteiger partial charge >= 0.3 is 5.69 Å². The minimum Gasteiger partial charge on any atom is -0.334 e. The van der Waals surface area contributed by atoms with Crippen molar-refractivity contribution in [2.45, 2.75) is 13.0 Å². The number of carbonyl (C=O) groups is 1. The Balaban J connectivity index is 1.64. The minimum absolute atomic E-state index is 0.0740. The molecule has 0 saturated heterocycles. The lowest BCUT2D eigenvalue weighted by Gasteiger charge is -2.22. The molecule has 0 bridgehead atoms. The van der Waals surface area contributed by atoms with Gasteiger partial charge in [0, 0.05) is 24.3 Å². The molecule has 0 fully saturated rings. The Morgan fingerprint density at radius 1 is 1.00 bits per heavy atom. The number of aromatic amines is 2. The van der Waals surface area contributed by atoms with E-state index in [2.05, 4.69) is 15.0 Å². The van der Waals surface area contributed by atoms with Gasteiger partial charge in [-0.15, -0.1) is 0 Å². The summed E-state index contributed by atoms with van der Waals surface area (Å²) in [7, 11) is 0. The van der Waals surface area contributed by atoms with Crippen LogP contribution in [0.1, 0.15) is 21.5 Å². The smallest absolute Gasteiger partial charge is 0.325 e. The van der Waals surface area contributed by atoms with Crippen LogP contribution < -0.4 is 11.2 Å². The summed E-state index contributed by atoms with van der Waals surface area (Å²) >= 11 is 0. The quantitative estimate of drug-likeness (QED) is 0.519. The highest BCUT2D eigenvalue weighted by Gasteiger charge is 2.18. The third kappa shape index (κ3) is 4.35. The number of fused-ring (bicyclic) bond motifs is 1. The molecule has 7 nitrogen and oxygen atoms in total. The Kier molecular flexibility index (Phi) is 5.52. The van der Waals surface area contributed by atoms with Crippen LogP contribution >= 0.6 is 0 Å². The Morgan fingerprint density at radius 3 is 2.57 bits per heavy atom. The zero-order chi connectivity index (χ0) is 20.9. The molecule has 2 aromatic heterocycles. The van der Waals surface area contributed by atoms with Gasteiger partial charge in [0.2, 0.25) is 0 Å². The van der Waals surface area contributed by atoms with Crippen molar-refractivity contribution in [2.24, 2.45) is 0 Å². The lowest BCUT2D eigenvalue weighted by molar-refractivity contribution is 0.0744. The van der Waals surface area contributed by atoms with Gasteiger partial charge in [0.25, 0.3) is 11.5 Å². The number of carbonyl (C=O) groups excluding carboxylic acids is 1. The molecule has 30 heavy (non-hydrogen) atoms. The zero-order valence-corrected chi connectivity index (χ0v) is 16.2. The molecule has 2 heterocycles. The number of benzene rings is 2. The van der Waals surface area contributed by atoms with Crippen molar-refractivity contribution in [3.63, 3.8) is 0 Å². The Bertz CT molecular complexity index is 1290. The number of hydrogen-bond acceptors (Lipinski definition) is 4. The van der Waals surface area contributed by atoms with E-state index in [0.717, 1.165) is 16.5 Å². The second kappa shape index (κ2) is 8.57. The lowest BCUT2D eigenvalue weighted by Crippen LogP contribution is -2.36. The molecule has 0 unspecified atom stereocenters. The molecule has 0 aliphatic rings. The van der Waals surface area contributed by atoms with Crippen molar-refractivity contribution in [3.8, 4) is 0 Å². The van der Waals surface area contributed by atoms with E-state index in [4.69, 9.17) is 0 Å².